The molecule has 2 atom stereocenters. The monoisotopic (exact) mass is 356 g/mol. The third-order valence-electron chi connectivity index (χ3n) is 6.40. The lowest BCUT2D eigenvalue weighted by atomic mass is 9.54. The van der Waals surface area contributed by atoms with Crippen molar-refractivity contribution in [1.82, 2.24) is 0 Å². The van der Waals surface area contributed by atoms with Crippen molar-refractivity contribution in [3.05, 3.63) is 108 Å². The summed E-state index contributed by atoms with van der Waals surface area (Å²) in [4.78, 5) is 0. The molecule has 1 N–H and O–H groups in total. The quantitative estimate of drug-likeness (QED) is 0.545. The van der Waals surface area contributed by atoms with Crippen molar-refractivity contribution in [3.63, 3.8) is 0 Å². The third kappa shape index (κ3) is 1.75. The Balaban J connectivity index is 1.75. The van der Waals surface area contributed by atoms with E-state index in [0.29, 0.717) is 5.75 Å². The molecule has 0 spiro atoms. The molecule has 7 rings (SSSR count). The standard InChI is InChI=1S/C23H17NO3/c25-20-6-3-9-24-19-12-23(15-7-10-26-13-15,16-8-11-27-14-16)21(22(20)24)18-5-2-1-4-17(18)19/h1-11,13-14,19,21H,12H2/p+1/t19-,21+/m1/s1. The summed E-state index contributed by atoms with van der Waals surface area (Å²) in [5.74, 6) is 0.299. The molecule has 0 saturated carbocycles. The summed E-state index contributed by atoms with van der Waals surface area (Å²) in [6, 6.07) is 16.5. The van der Waals surface area contributed by atoms with Crippen LogP contribution in [0.25, 0.3) is 0 Å². The van der Waals surface area contributed by atoms with Crippen molar-refractivity contribution in [3.8, 4) is 5.75 Å². The Kier molecular flexibility index (Phi) is 2.82. The number of hydrogen-bond donors (Lipinski definition) is 1. The second kappa shape index (κ2) is 5.13. The number of aromatic nitrogens is 1. The van der Waals surface area contributed by atoms with Crippen LogP contribution in [-0.4, -0.2) is 5.11 Å². The van der Waals surface area contributed by atoms with E-state index in [1.165, 1.54) is 11.1 Å². The number of pyridine rings is 1. The number of furan rings is 2. The summed E-state index contributed by atoms with van der Waals surface area (Å²) in [6.07, 6.45) is 10.1. The van der Waals surface area contributed by atoms with E-state index in [4.69, 9.17) is 8.83 Å². The largest absolute Gasteiger partial charge is 0.502 e. The van der Waals surface area contributed by atoms with Gasteiger partial charge in [-0.15, -0.1) is 0 Å². The van der Waals surface area contributed by atoms with E-state index in [0.717, 1.165) is 23.2 Å². The number of aromatic hydroxyl groups is 1. The Morgan fingerprint density at radius 3 is 2.26 bits per heavy atom. The van der Waals surface area contributed by atoms with Crippen molar-refractivity contribution in [2.75, 3.05) is 0 Å². The van der Waals surface area contributed by atoms with Crippen LogP contribution in [0.3, 0.4) is 0 Å². The lowest BCUT2D eigenvalue weighted by Gasteiger charge is -2.48. The van der Waals surface area contributed by atoms with E-state index < -0.39 is 0 Å². The molecule has 2 bridgehead atoms. The Morgan fingerprint density at radius 1 is 0.889 bits per heavy atom. The molecule has 0 radical (unpaired) electrons. The van der Waals surface area contributed by atoms with Crippen LogP contribution >= 0.6 is 0 Å². The Morgan fingerprint density at radius 2 is 1.59 bits per heavy atom. The minimum atomic E-state index is -0.349. The average molecular weight is 356 g/mol. The third-order valence-corrected chi connectivity index (χ3v) is 6.40. The molecule has 0 saturated heterocycles. The Bertz CT molecular complexity index is 1090. The molecular formula is C23H18NO3+. The van der Waals surface area contributed by atoms with Gasteiger partial charge >= 0.3 is 0 Å². The average Bonchev–Trinajstić information content (AvgIpc) is 3.43. The SMILES string of the molecule is Oc1ccc[n+]2c1[C@@H]1c3ccccc3[C@H]2CC1(c1ccoc1)c1ccoc1. The van der Waals surface area contributed by atoms with Crippen molar-refractivity contribution in [2.45, 2.75) is 23.8 Å². The zero-order valence-electron chi connectivity index (χ0n) is 14.6. The van der Waals surface area contributed by atoms with Gasteiger partial charge in [-0.2, -0.15) is 4.57 Å². The summed E-state index contributed by atoms with van der Waals surface area (Å²) in [5, 5.41) is 10.9. The van der Waals surface area contributed by atoms with Gasteiger partial charge in [0.25, 0.3) is 0 Å². The van der Waals surface area contributed by atoms with Gasteiger partial charge in [-0.25, -0.2) is 0 Å². The Labute approximate surface area is 156 Å². The lowest BCUT2D eigenvalue weighted by Crippen LogP contribution is -2.59. The van der Waals surface area contributed by atoms with Crippen molar-refractivity contribution < 1.29 is 18.5 Å². The molecule has 132 valence electrons. The smallest absolute Gasteiger partial charge is 0.232 e. The zero-order chi connectivity index (χ0) is 18.0. The summed E-state index contributed by atoms with van der Waals surface area (Å²) in [6.45, 7) is 0. The summed E-state index contributed by atoms with van der Waals surface area (Å²) < 4.78 is 13.2. The van der Waals surface area contributed by atoms with Crippen LogP contribution in [0.4, 0.5) is 0 Å². The molecule has 4 heteroatoms. The van der Waals surface area contributed by atoms with Gasteiger partial charge in [-0.05, 0) is 23.8 Å². The van der Waals surface area contributed by atoms with Crippen LogP contribution in [-0.2, 0) is 5.41 Å². The number of rotatable bonds is 2. The molecule has 2 aliphatic heterocycles. The first-order chi connectivity index (χ1) is 13.3. The van der Waals surface area contributed by atoms with Gasteiger partial charge in [-0.1, -0.05) is 24.3 Å². The van der Waals surface area contributed by atoms with Crippen LogP contribution in [0.1, 0.15) is 46.3 Å². The van der Waals surface area contributed by atoms with Crippen molar-refractivity contribution in [2.24, 2.45) is 0 Å². The first-order valence-electron chi connectivity index (χ1n) is 9.18. The fourth-order valence-corrected chi connectivity index (χ4v) is 5.37. The molecule has 1 aromatic carbocycles. The van der Waals surface area contributed by atoms with Crippen LogP contribution < -0.4 is 4.57 Å². The van der Waals surface area contributed by atoms with Gasteiger partial charge in [0, 0.05) is 29.2 Å². The fourth-order valence-electron chi connectivity index (χ4n) is 5.37. The van der Waals surface area contributed by atoms with Crippen LogP contribution in [0.2, 0.25) is 0 Å². The van der Waals surface area contributed by atoms with E-state index in [2.05, 4.69) is 35.0 Å². The highest BCUT2D eigenvalue weighted by molar-refractivity contribution is 5.55. The van der Waals surface area contributed by atoms with Gasteiger partial charge < -0.3 is 13.9 Å². The minimum Gasteiger partial charge on any atom is -0.502 e. The summed E-state index contributed by atoms with van der Waals surface area (Å²) in [5.41, 5.74) is 5.42. The van der Waals surface area contributed by atoms with E-state index >= 15 is 0 Å². The molecule has 5 heterocycles. The Hall–Kier alpha value is -3.27. The number of benzene rings is 1. The molecule has 27 heavy (non-hydrogen) atoms. The molecule has 1 aliphatic carbocycles. The summed E-state index contributed by atoms with van der Waals surface area (Å²) >= 11 is 0. The van der Waals surface area contributed by atoms with E-state index in [-0.39, 0.29) is 17.4 Å². The van der Waals surface area contributed by atoms with Gasteiger partial charge in [-0.3, -0.25) is 0 Å². The van der Waals surface area contributed by atoms with Crippen LogP contribution in [0.5, 0.6) is 5.75 Å². The van der Waals surface area contributed by atoms with E-state index in [1.807, 2.05) is 30.7 Å². The molecule has 3 aromatic heterocycles. The second-order valence-electron chi connectivity index (χ2n) is 7.46. The highest BCUT2D eigenvalue weighted by Gasteiger charge is 2.61. The molecular weight excluding hydrogens is 338 g/mol. The van der Waals surface area contributed by atoms with Gasteiger partial charge in [0.2, 0.25) is 5.69 Å². The second-order valence-corrected chi connectivity index (χ2v) is 7.46. The first-order valence-corrected chi connectivity index (χ1v) is 9.18. The topological polar surface area (TPSA) is 50.4 Å². The predicted octanol–water partition coefficient (Wildman–Crippen LogP) is 4.29. The first kappa shape index (κ1) is 14.9. The zero-order valence-corrected chi connectivity index (χ0v) is 14.6. The molecule has 0 unspecified atom stereocenters. The highest BCUT2D eigenvalue weighted by atomic mass is 16.3. The van der Waals surface area contributed by atoms with Gasteiger partial charge in [0.15, 0.2) is 18.0 Å². The molecule has 0 fully saturated rings. The van der Waals surface area contributed by atoms with Gasteiger partial charge in [0.1, 0.15) is 0 Å². The molecule has 4 nitrogen and oxygen atoms in total. The van der Waals surface area contributed by atoms with Crippen LogP contribution in [0.15, 0.2) is 88.6 Å². The predicted molar refractivity (Wildman–Crippen MR) is 97.5 cm³/mol. The number of fused-ring (bicyclic) bond motifs is 1. The summed E-state index contributed by atoms with van der Waals surface area (Å²) in [7, 11) is 0. The molecule has 4 aromatic rings. The molecule has 0 amide bonds. The number of hydrogen-bond acceptors (Lipinski definition) is 3. The van der Waals surface area contributed by atoms with E-state index in [1.54, 1.807) is 18.6 Å². The van der Waals surface area contributed by atoms with Crippen molar-refractivity contribution in [1.29, 1.82) is 0 Å². The lowest BCUT2D eigenvalue weighted by molar-refractivity contribution is -0.732. The molecule has 3 aliphatic rings. The fraction of sp³-hybridized carbons (Fsp3) is 0.174. The normalized spacial score (nSPS) is 21.6. The minimum absolute atomic E-state index is 0.0323. The van der Waals surface area contributed by atoms with Crippen LogP contribution in [0, 0.1) is 0 Å². The highest BCUT2D eigenvalue weighted by Crippen LogP contribution is 2.60. The maximum atomic E-state index is 10.9. The maximum Gasteiger partial charge on any atom is 0.232 e. The van der Waals surface area contributed by atoms with E-state index in [9.17, 15) is 5.11 Å². The van der Waals surface area contributed by atoms with Gasteiger partial charge in [0.05, 0.1) is 36.4 Å². The number of nitrogens with zero attached hydrogens (tertiary/aromatic N) is 1. The van der Waals surface area contributed by atoms with Crippen molar-refractivity contribution >= 4 is 0 Å². The maximum absolute atomic E-state index is 10.9.